The maximum Gasteiger partial charge on any atom is 0.339 e. The van der Waals surface area contributed by atoms with Crippen LogP contribution in [0.2, 0.25) is 0 Å². The maximum absolute atomic E-state index is 12.6. The van der Waals surface area contributed by atoms with E-state index in [9.17, 15) is 9.90 Å². The van der Waals surface area contributed by atoms with Crippen molar-refractivity contribution in [1.29, 1.82) is 0 Å². The molecule has 0 aromatic heterocycles. The average molecular weight is 444 g/mol. The standard InChI is InChI=1S/C21H17IO3/c22-18-14-8-7-13-17(18)21(24)25-20(16-11-5-2-6-12-16)19(23)15-9-3-1-4-10-15/h1-14,19-20,23H/t19-,20+/m1/s1. The fourth-order valence-electron chi connectivity index (χ4n) is 2.59. The highest BCUT2D eigenvalue weighted by molar-refractivity contribution is 14.1. The molecule has 3 aromatic carbocycles. The lowest BCUT2D eigenvalue weighted by molar-refractivity contribution is -0.0210. The molecule has 0 heterocycles. The predicted octanol–water partition coefficient (Wildman–Crippen LogP) is 4.92. The predicted molar refractivity (Wildman–Crippen MR) is 105 cm³/mol. The smallest absolute Gasteiger partial charge is 0.339 e. The molecular formula is C21H17IO3. The Morgan fingerprint density at radius 2 is 1.32 bits per heavy atom. The zero-order chi connectivity index (χ0) is 17.6. The van der Waals surface area contributed by atoms with Gasteiger partial charge < -0.3 is 9.84 Å². The summed E-state index contributed by atoms with van der Waals surface area (Å²) in [5, 5.41) is 10.8. The van der Waals surface area contributed by atoms with E-state index in [0.717, 1.165) is 9.13 Å². The minimum absolute atomic E-state index is 0.450. The summed E-state index contributed by atoms with van der Waals surface area (Å²) in [6, 6.07) is 25.8. The number of hydrogen-bond donors (Lipinski definition) is 1. The average Bonchev–Trinajstić information content (AvgIpc) is 2.67. The van der Waals surface area contributed by atoms with Crippen LogP contribution in [0.15, 0.2) is 84.9 Å². The monoisotopic (exact) mass is 444 g/mol. The van der Waals surface area contributed by atoms with Gasteiger partial charge >= 0.3 is 5.97 Å². The van der Waals surface area contributed by atoms with Crippen LogP contribution in [0, 0.1) is 3.57 Å². The van der Waals surface area contributed by atoms with Crippen molar-refractivity contribution in [2.24, 2.45) is 0 Å². The number of aliphatic hydroxyl groups is 1. The highest BCUT2D eigenvalue weighted by Crippen LogP contribution is 2.33. The minimum atomic E-state index is -0.950. The molecule has 3 nitrogen and oxygen atoms in total. The summed E-state index contributed by atoms with van der Waals surface area (Å²) in [6.07, 6.45) is -1.74. The van der Waals surface area contributed by atoms with E-state index < -0.39 is 18.2 Å². The quantitative estimate of drug-likeness (QED) is 0.449. The number of halogens is 1. The van der Waals surface area contributed by atoms with Gasteiger partial charge in [0.1, 0.15) is 6.10 Å². The van der Waals surface area contributed by atoms with Gasteiger partial charge in [-0.05, 0) is 45.9 Å². The third kappa shape index (κ3) is 4.27. The fourth-order valence-corrected chi connectivity index (χ4v) is 3.20. The van der Waals surface area contributed by atoms with Crippen molar-refractivity contribution in [2.75, 3.05) is 0 Å². The Hall–Kier alpha value is -2.18. The Labute approximate surface area is 160 Å². The van der Waals surface area contributed by atoms with Crippen LogP contribution in [-0.4, -0.2) is 11.1 Å². The topological polar surface area (TPSA) is 46.5 Å². The van der Waals surface area contributed by atoms with Crippen molar-refractivity contribution in [3.05, 3.63) is 105 Å². The lowest BCUT2D eigenvalue weighted by Gasteiger charge is -2.24. The molecule has 1 N–H and O–H groups in total. The van der Waals surface area contributed by atoms with Gasteiger partial charge in [0, 0.05) is 3.57 Å². The van der Waals surface area contributed by atoms with E-state index in [1.807, 2.05) is 72.8 Å². The number of carbonyl (C=O) groups excluding carboxylic acids is 1. The normalized spacial score (nSPS) is 13.0. The molecule has 0 unspecified atom stereocenters. The van der Waals surface area contributed by atoms with Crippen LogP contribution in [0.4, 0.5) is 0 Å². The largest absolute Gasteiger partial charge is 0.451 e. The molecule has 2 atom stereocenters. The summed E-state index contributed by atoms with van der Waals surface area (Å²) in [5.41, 5.74) is 1.94. The zero-order valence-electron chi connectivity index (χ0n) is 13.4. The van der Waals surface area contributed by atoms with Crippen molar-refractivity contribution >= 4 is 28.6 Å². The highest BCUT2D eigenvalue weighted by atomic mass is 127. The van der Waals surface area contributed by atoms with E-state index >= 15 is 0 Å². The molecule has 3 aromatic rings. The number of esters is 1. The number of ether oxygens (including phenoxy) is 1. The Kier molecular flexibility index (Phi) is 5.83. The lowest BCUT2D eigenvalue weighted by atomic mass is 9.98. The van der Waals surface area contributed by atoms with E-state index in [4.69, 9.17) is 4.74 Å². The molecule has 0 radical (unpaired) electrons. The van der Waals surface area contributed by atoms with Crippen LogP contribution < -0.4 is 0 Å². The third-order valence-corrected chi connectivity index (χ3v) is 4.82. The second-order valence-electron chi connectivity index (χ2n) is 5.57. The Balaban J connectivity index is 1.92. The molecule has 0 saturated heterocycles. The number of benzene rings is 3. The van der Waals surface area contributed by atoms with Crippen molar-refractivity contribution in [1.82, 2.24) is 0 Å². The summed E-state index contributed by atoms with van der Waals surface area (Å²) in [7, 11) is 0. The molecular weight excluding hydrogens is 427 g/mol. The van der Waals surface area contributed by atoms with Crippen LogP contribution in [0.25, 0.3) is 0 Å². The van der Waals surface area contributed by atoms with Gasteiger partial charge in [0.05, 0.1) is 5.56 Å². The lowest BCUT2D eigenvalue weighted by Crippen LogP contribution is -2.19. The molecule has 0 amide bonds. The molecule has 126 valence electrons. The first kappa shape index (κ1) is 17.6. The van der Waals surface area contributed by atoms with Gasteiger partial charge in [0.2, 0.25) is 0 Å². The number of carbonyl (C=O) groups is 1. The van der Waals surface area contributed by atoms with Gasteiger partial charge in [0.25, 0.3) is 0 Å². The van der Waals surface area contributed by atoms with Gasteiger partial charge in [0.15, 0.2) is 6.10 Å². The Bertz CT molecular complexity index is 834. The molecule has 0 saturated carbocycles. The first-order chi connectivity index (χ1) is 12.2. The molecule has 0 spiro atoms. The fraction of sp³-hybridized carbons (Fsp3) is 0.0952. The van der Waals surface area contributed by atoms with E-state index in [1.54, 1.807) is 12.1 Å². The van der Waals surface area contributed by atoms with Crippen LogP contribution in [0.1, 0.15) is 33.7 Å². The third-order valence-electron chi connectivity index (χ3n) is 3.88. The molecule has 3 rings (SSSR count). The maximum atomic E-state index is 12.6. The molecule has 0 aliphatic carbocycles. The highest BCUT2D eigenvalue weighted by Gasteiger charge is 2.27. The summed E-state index contributed by atoms with van der Waals surface area (Å²) >= 11 is 2.10. The van der Waals surface area contributed by atoms with Gasteiger partial charge in [-0.1, -0.05) is 72.8 Å². The molecule has 25 heavy (non-hydrogen) atoms. The molecule has 4 heteroatoms. The Morgan fingerprint density at radius 1 is 0.800 bits per heavy atom. The van der Waals surface area contributed by atoms with Crippen LogP contribution >= 0.6 is 22.6 Å². The molecule has 0 bridgehead atoms. The van der Waals surface area contributed by atoms with E-state index in [1.165, 1.54) is 0 Å². The summed E-state index contributed by atoms with van der Waals surface area (Å²) in [5.74, 6) is -0.450. The van der Waals surface area contributed by atoms with Gasteiger partial charge in [-0.25, -0.2) is 4.79 Å². The summed E-state index contributed by atoms with van der Waals surface area (Å²) < 4.78 is 6.54. The number of hydrogen-bond acceptors (Lipinski definition) is 3. The first-order valence-corrected chi connectivity index (χ1v) is 8.98. The van der Waals surface area contributed by atoms with Crippen molar-refractivity contribution < 1.29 is 14.6 Å². The molecule has 0 aliphatic heterocycles. The van der Waals surface area contributed by atoms with Gasteiger partial charge in [-0.15, -0.1) is 0 Å². The van der Waals surface area contributed by atoms with E-state index in [-0.39, 0.29) is 0 Å². The van der Waals surface area contributed by atoms with Crippen molar-refractivity contribution in [2.45, 2.75) is 12.2 Å². The first-order valence-electron chi connectivity index (χ1n) is 7.90. The minimum Gasteiger partial charge on any atom is -0.451 e. The van der Waals surface area contributed by atoms with Gasteiger partial charge in [-0.3, -0.25) is 0 Å². The van der Waals surface area contributed by atoms with Gasteiger partial charge in [-0.2, -0.15) is 0 Å². The molecule has 0 aliphatic rings. The molecule has 0 fully saturated rings. The second-order valence-corrected chi connectivity index (χ2v) is 6.73. The summed E-state index contributed by atoms with van der Waals surface area (Å²) in [6.45, 7) is 0. The Morgan fingerprint density at radius 3 is 1.92 bits per heavy atom. The van der Waals surface area contributed by atoms with E-state index in [0.29, 0.717) is 11.1 Å². The van der Waals surface area contributed by atoms with Crippen LogP contribution in [-0.2, 0) is 4.74 Å². The van der Waals surface area contributed by atoms with Crippen LogP contribution in [0.3, 0.4) is 0 Å². The van der Waals surface area contributed by atoms with Crippen molar-refractivity contribution in [3.63, 3.8) is 0 Å². The number of aliphatic hydroxyl groups excluding tert-OH is 1. The zero-order valence-corrected chi connectivity index (χ0v) is 15.5. The number of rotatable bonds is 5. The van der Waals surface area contributed by atoms with Crippen molar-refractivity contribution in [3.8, 4) is 0 Å². The second kappa shape index (κ2) is 8.27. The summed E-state index contributed by atoms with van der Waals surface area (Å²) in [4.78, 5) is 12.6. The SMILES string of the molecule is O=C(O[C@@H](c1ccccc1)[C@H](O)c1ccccc1)c1ccccc1I. The van der Waals surface area contributed by atoms with Crippen LogP contribution in [0.5, 0.6) is 0 Å². The van der Waals surface area contributed by atoms with E-state index in [2.05, 4.69) is 22.6 Å².